The molecule has 0 saturated carbocycles. The number of fused-ring (bicyclic) bond motifs is 1. The lowest BCUT2D eigenvalue weighted by atomic mass is 9.96. The molecular weight excluding hydrogens is 467 g/mol. The van der Waals surface area contributed by atoms with Crippen LogP contribution in [0.3, 0.4) is 0 Å². The number of nitrogens with zero attached hydrogens (tertiary/aromatic N) is 5. The second-order valence-electron chi connectivity index (χ2n) is 8.62. The van der Waals surface area contributed by atoms with E-state index in [-0.39, 0.29) is 29.7 Å². The van der Waals surface area contributed by atoms with E-state index >= 15 is 0 Å². The number of methoxy groups -OCH3 is 2. The molecule has 36 heavy (non-hydrogen) atoms. The van der Waals surface area contributed by atoms with Crippen molar-refractivity contribution in [2.24, 2.45) is 0 Å². The van der Waals surface area contributed by atoms with Crippen molar-refractivity contribution in [1.82, 2.24) is 29.9 Å². The van der Waals surface area contributed by atoms with Crippen LogP contribution >= 0.6 is 0 Å². The van der Waals surface area contributed by atoms with Crippen molar-refractivity contribution in [3.63, 3.8) is 0 Å². The van der Waals surface area contributed by atoms with Crippen LogP contribution in [0.4, 0.5) is 4.39 Å². The molecular formula is C25H25FN6O4. The molecule has 3 heterocycles. The Morgan fingerprint density at radius 3 is 2.56 bits per heavy atom. The van der Waals surface area contributed by atoms with E-state index < -0.39 is 5.56 Å². The Labute approximate surface area is 205 Å². The highest BCUT2D eigenvalue weighted by atomic mass is 19.1. The first-order valence-corrected chi connectivity index (χ1v) is 11.6. The van der Waals surface area contributed by atoms with Crippen LogP contribution in [0.15, 0.2) is 47.3 Å². The molecule has 10 nitrogen and oxygen atoms in total. The summed E-state index contributed by atoms with van der Waals surface area (Å²) in [6.45, 7) is 1.22. The van der Waals surface area contributed by atoms with Crippen LogP contribution in [0.2, 0.25) is 0 Å². The normalized spacial score (nSPS) is 15.8. The maximum atomic E-state index is 13.5. The number of amides is 1. The molecule has 1 saturated heterocycles. The molecule has 1 aliphatic rings. The number of carbonyl (C=O) groups excluding carboxylic acids is 1. The summed E-state index contributed by atoms with van der Waals surface area (Å²) in [5, 5.41) is 8.06. The van der Waals surface area contributed by atoms with Gasteiger partial charge in [0.1, 0.15) is 28.7 Å². The Kier molecular flexibility index (Phi) is 6.36. The lowest BCUT2D eigenvalue weighted by molar-refractivity contribution is 0.0697. The van der Waals surface area contributed by atoms with Gasteiger partial charge in [-0.05, 0) is 42.7 Å². The molecule has 2 aromatic heterocycles. The minimum atomic E-state index is -0.393. The minimum absolute atomic E-state index is 0.128. The molecule has 1 atom stereocenters. The molecule has 5 rings (SSSR count). The summed E-state index contributed by atoms with van der Waals surface area (Å²) < 4.78 is 25.6. The number of nitrogens with one attached hydrogen (secondary N) is 1. The first kappa shape index (κ1) is 23.5. The molecule has 1 amide bonds. The predicted octanol–water partition coefficient (Wildman–Crippen LogP) is 2.74. The van der Waals surface area contributed by atoms with Gasteiger partial charge in [-0.1, -0.05) is 23.4 Å². The molecule has 0 bridgehead atoms. The molecule has 0 aliphatic carbocycles. The second-order valence-corrected chi connectivity index (χ2v) is 8.62. The molecule has 0 spiro atoms. The summed E-state index contributed by atoms with van der Waals surface area (Å²) in [7, 11) is 3.02. The number of halogens is 1. The first-order valence-electron chi connectivity index (χ1n) is 11.6. The summed E-state index contributed by atoms with van der Waals surface area (Å²) in [4.78, 5) is 35.5. The highest BCUT2D eigenvalue weighted by Crippen LogP contribution is 2.32. The number of rotatable bonds is 6. The van der Waals surface area contributed by atoms with E-state index in [2.05, 4.69) is 20.3 Å². The van der Waals surface area contributed by atoms with Crippen LogP contribution in [-0.2, 0) is 6.54 Å². The van der Waals surface area contributed by atoms with E-state index in [0.29, 0.717) is 41.6 Å². The van der Waals surface area contributed by atoms with Crippen LogP contribution in [0.1, 0.15) is 40.5 Å². The third kappa shape index (κ3) is 4.39. The highest BCUT2D eigenvalue weighted by molar-refractivity contribution is 5.99. The van der Waals surface area contributed by atoms with Gasteiger partial charge >= 0.3 is 0 Å². The van der Waals surface area contributed by atoms with E-state index in [1.54, 1.807) is 35.2 Å². The monoisotopic (exact) mass is 492 g/mol. The number of ether oxygens (including phenoxy) is 2. The van der Waals surface area contributed by atoms with Crippen LogP contribution < -0.4 is 15.0 Å². The van der Waals surface area contributed by atoms with Crippen molar-refractivity contribution >= 4 is 17.1 Å². The van der Waals surface area contributed by atoms with Gasteiger partial charge in [0.25, 0.3) is 11.5 Å². The van der Waals surface area contributed by atoms with Gasteiger partial charge in [0.05, 0.1) is 20.8 Å². The van der Waals surface area contributed by atoms with E-state index in [4.69, 9.17) is 9.47 Å². The number of likely N-dealkylation sites (tertiary alicyclic amines) is 1. The van der Waals surface area contributed by atoms with Crippen LogP contribution in [0.25, 0.3) is 11.2 Å². The van der Waals surface area contributed by atoms with Gasteiger partial charge in [-0.2, -0.15) is 0 Å². The number of hydrogen-bond donors (Lipinski definition) is 1. The predicted molar refractivity (Wildman–Crippen MR) is 129 cm³/mol. The zero-order valence-corrected chi connectivity index (χ0v) is 19.9. The fourth-order valence-corrected chi connectivity index (χ4v) is 4.55. The van der Waals surface area contributed by atoms with Crippen molar-refractivity contribution in [2.45, 2.75) is 25.3 Å². The molecule has 0 radical (unpaired) electrons. The summed E-state index contributed by atoms with van der Waals surface area (Å²) in [5.74, 6) is 0.617. The van der Waals surface area contributed by atoms with Gasteiger partial charge in [-0.15, -0.1) is 5.10 Å². The molecule has 186 valence electrons. The topological polar surface area (TPSA) is 115 Å². The van der Waals surface area contributed by atoms with E-state index in [1.165, 1.54) is 31.0 Å². The lowest BCUT2D eigenvalue weighted by Gasteiger charge is -2.32. The van der Waals surface area contributed by atoms with Gasteiger partial charge in [0.15, 0.2) is 11.2 Å². The molecule has 4 aromatic rings. The Balaban J connectivity index is 1.44. The third-order valence-corrected chi connectivity index (χ3v) is 6.37. The van der Waals surface area contributed by atoms with Crippen molar-refractivity contribution in [3.8, 4) is 11.5 Å². The van der Waals surface area contributed by atoms with E-state index in [0.717, 1.165) is 18.4 Å². The van der Waals surface area contributed by atoms with Gasteiger partial charge < -0.3 is 19.4 Å². The van der Waals surface area contributed by atoms with Gasteiger partial charge in [-0.25, -0.2) is 14.1 Å². The summed E-state index contributed by atoms with van der Waals surface area (Å²) in [6, 6.07) is 11.2. The number of aromatic nitrogens is 5. The van der Waals surface area contributed by atoms with Crippen molar-refractivity contribution in [1.29, 1.82) is 0 Å². The number of hydrogen-bond acceptors (Lipinski definition) is 7. The maximum Gasteiger partial charge on any atom is 0.281 e. The van der Waals surface area contributed by atoms with Crippen LogP contribution in [-0.4, -0.2) is 63.1 Å². The fourth-order valence-electron chi connectivity index (χ4n) is 4.55. The van der Waals surface area contributed by atoms with Gasteiger partial charge in [0.2, 0.25) is 0 Å². The van der Waals surface area contributed by atoms with Crippen LogP contribution in [0, 0.1) is 5.82 Å². The van der Waals surface area contributed by atoms with Crippen LogP contribution in [0.5, 0.6) is 11.5 Å². The number of piperidine rings is 1. The average molecular weight is 493 g/mol. The minimum Gasteiger partial charge on any atom is -0.496 e. The van der Waals surface area contributed by atoms with E-state index in [1.807, 2.05) is 0 Å². The lowest BCUT2D eigenvalue weighted by Crippen LogP contribution is -2.40. The molecule has 1 aliphatic heterocycles. The number of H-pyrrole nitrogens is 1. The molecule has 11 heteroatoms. The highest BCUT2D eigenvalue weighted by Gasteiger charge is 2.31. The Hall–Kier alpha value is -4.28. The number of aromatic amines is 1. The summed E-state index contributed by atoms with van der Waals surface area (Å²) >= 11 is 0. The van der Waals surface area contributed by atoms with Crippen molar-refractivity contribution in [3.05, 3.63) is 75.6 Å². The Bertz CT molecular complexity index is 1440. The van der Waals surface area contributed by atoms with Gasteiger partial charge in [-0.3, -0.25) is 9.59 Å². The van der Waals surface area contributed by atoms with Gasteiger partial charge in [0, 0.05) is 19.0 Å². The van der Waals surface area contributed by atoms with Crippen molar-refractivity contribution < 1.29 is 18.7 Å². The van der Waals surface area contributed by atoms with Crippen molar-refractivity contribution in [2.75, 3.05) is 27.3 Å². The molecule has 0 unspecified atom stereocenters. The maximum absolute atomic E-state index is 13.5. The Morgan fingerprint density at radius 2 is 1.86 bits per heavy atom. The summed E-state index contributed by atoms with van der Waals surface area (Å²) in [5.41, 5.74) is 1.24. The third-order valence-electron chi connectivity index (χ3n) is 6.37. The first-order chi connectivity index (χ1) is 17.5. The molecule has 1 fully saturated rings. The molecule has 1 N–H and O–H groups in total. The number of benzene rings is 2. The molecule has 2 aromatic carbocycles. The quantitative estimate of drug-likeness (QED) is 0.440. The smallest absolute Gasteiger partial charge is 0.281 e. The average Bonchev–Trinajstić information content (AvgIpc) is 3.32. The van der Waals surface area contributed by atoms with E-state index in [9.17, 15) is 14.0 Å². The standard InChI is InChI=1S/C25H25FN6O4/c1-35-18-6-3-7-19(36-2)20(18)25(34)31-12-4-5-16(14-31)22-27-23-21(24(33)28-22)29-30-32(23)13-15-8-10-17(26)11-9-15/h3,6-11,16H,4-5,12-14H2,1-2H3,(H,27,28,33)/t16-/m0/s1. The Morgan fingerprint density at radius 1 is 1.14 bits per heavy atom. The largest absolute Gasteiger partial charge is 0.496 e. The zero-order chi connectivity index (χ0) is 25.2. The zero-order valence-electron chi connectivity index (χ0n) is 19.9. The summed E-state index contributed by atoms with van der Waals surface area (Å²) in [6.07, 6.45) is 1.49. The second kappa shape index (κ2) is 9.76. The SMILES string of the molecule is COc1cccc(OC)c1C(=O)N1CCC[C@H](c2nc3c(nnn3Cc3ccc(F)cc3)c(=O)[nH]2)C1. The number of carbonyl (C=O) groups is 1. The fraction of sp³-hybridized carbons (Fsp3) is 0.320.